The molecule has 236 valence electrons. The average molecular weight is 669 g/mol. The highest BCUT2D eigenvalue weighted by Gasteiger charge is 2.32. The molecule has 0 saturated carbocycles. The van der Waals surface area contributed by atoms with Crippen molar-refractivity contribution in [2.75, 3.05) is 59.7 Å². The molecule has 3 aromatic carbocycles. The molecule has 2 fully saturated rings. The molecule has 3 aromatic rings. The van der Waals surface area contributed by atoms with Gasteiger partial charge in [0.25, 0.3) is 5.91 Å². The lowest BCUT2D eigenvalue weighted by atomic mass is 10.0. The van der Waals surface area contributed by atoms with Crippen molar-refractivity contribution in [3.05, 3.63) is 81.7 Å². The first kappa shape index (κ1) is 32.8. The molecule has 1 N–H and O–H groups in total. The van der Waals surface area contributed by atoms with E-state index < -0.39 is 5.97 Å². The lowest BCUT2D eigenvalue weighted by molar-refractivity contribution is -0.122. The van der Waals surface area contributed by atoms with Crippen molar-refractivity contribution in [2.45, 2.75) is 6.42 Å². The molecule has 2 saturated heterocycles. The molecule has 2 aliphatic rings. The van der Waals surface area contributed by atoms with Gasteiger partial charge in [-0.2, -0.15) is 0 Å². The largest absolute Gasteiger partial charge is 0.495 e. The van der Waals surface area contributed by atoms with E-state index in [1.807, 2.05) is 42.5 Å². The van der Waals surface area contributed by atoms with Crippen molar-refractivity contribution in [2.24, 2.45) is 0 Å². The molecule has 45 heavy (non-hydrogen) atoms. The normalized spacial score (nSPS) is 16.3. The Morgan fingerprint density at radius 3 is 2.40 bits per heavy atom. The van der Waals surface area contributed by atoms with Crippen LogP contribution in [0, 0.1) is 0 Å². The summed E-state index contributed by atoms with van der Waals surface area (Å²) in [6, 6.07) is 17.7. The monoisotopic (exact) mass is 668 g/mol. The molecule has 2 aliphatic heterocycles. The van der Waals surface area contributed by atoms with E-state index in [1.54, 1.807) is 24.1 Å². The number of halogens is 1. The Morgan fingerprint density at radius 1 is 1.00 bits per heavy atom. The number of ether oxygens (including phenoxy) is 4. The number of thioether (sulfide) groups is 1. The topological polar surface area (TPSA) is 97.8 Å². The highest BCUT2D eigenvalue weighted by atomic mass is 35.5. The minimum Gasteiger partial charge on any atom is -0.495 e. The molecule has 9 nitrogen and oxygen atoms in total. The van der Waals surface area contributed by atoms with Crippen LogP contribution in [0.25, 0.3) is 17.2 Å². The Morgan fingerprint density at radius 2 is 1.71 bits per heavy atom. The fourth-order valence-corrected chi connectivity index (χ4v) is 6.43. The second-order valence-corrected chi connectivity index (χ2v) is 12.4. The summed E-state index contributed by atoms with van der Waals surface area (Å²) in [7, 11) is 1.58. The Balaban J connectivity index is 1.29. The second kappa shape index (κ2) is 15.6. The molecular weight excluding hydrogens is 636 g/mol. The van der Waals surface area contributed by atoms with Crippen molar-refractivity contribution < 1.29 is 33.6 Å². The molecule has 0 atom stereocenters. The zero-order valence-electron chi connectivity index (χ0n) is 24.7. The van der Waals surface area contributed by atoms with Gasteiger partial charge in [0.15, 0.2) is 0 Å². The number of hydrogen-bond acceptors (Lipinski definition) is 9. The summed E-state index contributed by atoms with van der Waals surface area (Å²) in [4.78, 5) is 28.9. The lowest BCUT2D eigenvalue weighted by Crippen LogP contribution is -2.38. The van der Waals surface area contributed by atoms with E-state index in [4.69, 9.17) is 47.9 Å². The number of morpholine rings is 1. The lowest BCUT2D eigenvalue weighted by Gasteiger charge is -2.26. The molecule has 0 spiro atoms. The van der Waals surface area contributed by atoms with Gasteiger partial charge in [0.1, 0.15) is 28.2 Å². The van der Waals surface area contributed by atoms with Crippen LogP contribution in [0.1, 0.15) is 22.3 Å². The van der Waals surface area contributed by atoms with Crippen LogP contribution in [0.4, 0.5) is 0 Å². The van der Waals surface area contributed by atoms with Gasteiger partial charge < -0.3 is 24.1 Å². The summed E-state index contributed by atoms with van der Waals surface area (Å²) in [6.07, 6.45) is 2.38. The van der Waals surface area contributed by atoms with Gasteiger partial charge in [-0.05, 0) is 72.2 Å². The van der Waals surface area contributed by atoms with Gasteiger partial charge in [0.05, 0.1) is 42.4 Å². The summed E-state index contributed by atoms with van der Waals surface area (Å²) in [5, 5.41) is 9.56. The molecule has 0 unspecified atom stereocenters. The molecular formula is C33H33ClN2O7S2. The third-order valence-electron chi connectivity index (χ3n) is 7.32. The standard InChI is InChI=1S/C33H33ClN2O7S2/c1-40-29-10-6-24(20-27(29)34)23-5-9-28(43-18-14-35-12-16-41-17-13-35)25(19-23)21-30-31(37)36(33(44)45-30)11-2-15-42-26-7-3-22(4-8-26)32(38)39/h3-10,19-21H,2,11-18H2,1H3,(H,38,39). The predicted octanol–water partition coefficient (Wildman–Crippen LogP) is 6.10. The van der Waals surface area contributed by atoms with Crippen LogP contribution in [0.5, 0.6) is 17.2 Å². The Labute approximate surface area is 276 Å². The minimum atomic E-state index is -0.993. The van der Waals surface area contributed by atoms with Crippen LogP contribution in [0.15, 0.2) is 65.6 Å². The highest BCUT2D eigenvalue weighted by Crippen LogP contribution is 2.37. The average Bonchev–Trinajstić information content (AvgIpc) is 3.31. The van der Waals surface area contributed by atoms with Crippen LogP contribution in [0.2, 0.25) is 5.02 Å². The van der Waals surface area contributed by atoms with Gasteiger partial charge in [-0.1, -0.05) is 47.7 Å². The molecule has 12 heteroatoms. The van der Waals surface area contributed by atoms with Crippen molar-refractivity contribution in [3.8, 4) is 28.4 Å². The number of methoxy groups -OCH3 is 1. The van der Waals surface area contributed by atoms with Crippen LogP contribution in [-0.2, 0) is 9.53 Å². The van der Waals surface area contributed by atoms with Gasteiger partial charge in [-0.15, -0.1) is 0 Å². The van der Waals surface area contributed by atoms with Gasteiger partial charge in [0.2, 0.25) is 0 Å². The summed E-state index contributed by atoms with van der Waals surface area (Å²) >= 11 is 13.2. The summed E-state index contributed by atoms with van der Waals surface area (Å²) < 4.78 is 23.2. The van der Waals surface area contributed by atoms with Crippen LogP contribution in [-0.4, -0.2) is 90.8 Å². The molecule has 0 aliphatic carbocycles. The second-order valence-electron chi connectivity index (χ2n) is 10.3. The quantitative estimate of drug-likeness (QED) is 0.131. The fourth-order valence-electron chi connectivity index (χ4n) is 4.87. The molecule has 1 amide bonds. The molecule has 0 bridgehead atoms. The molecule has 0 radical (unpaired) electrons. The van der Waals surface area contributed by atoms with Crippen LogP contribution in [0.3, 0.4) is 0 Å². The van der Waals surface area contributed by atoms with Gasteiger partial charge >= 0.3 is 5.97 Å². The number of benzene rings is 3. The first-order valence-corrected chi connectivity index (χ1v) is 16.0. The molecule has 0 aromatic heterocycles. The Bertz CT molecular complexity index is 1580. The van der Waals surface area contributed by atoms with Crippen LogP contribution < -0.4 is 14.2 Å². The van der Waals surface area contributed by atoms with Gasteiger partial charge in [0, 0.05) is 31.7 Å². The fraction of sp³-hybridized carbons (Fsp3) is 0.303. The van der Waals surface area contributed by atoms with Crippen molar-refractivity contribution in [1.82, 2.24) is 9.80 Å². The van der Waals surface area contributed by atoms with Gasteiger partial charge in [-0.3, -0.25) is 14.6 Å². The number of nitrogens with zero attached hydrogens (tertiary/aromatic N) is 2. The third-order valence-corrected chi connectivity index (χ3v) is 8.99. The SMILES string of the molecule is COc1ccc(-c2ccc(OCCN3CCOCC3)c(C=C3SC(=S)N(CCCOc4ccc(C(=O)O)cc4)C3=O)c2)cc1Cl. The summed E-state index contributed by atoms with van der Waals surface area (Å²) in [5.41, 5.74) is 2.77. The van der Waals surface area contributed by atoms with E-state index >= 15 is 0 Å². The summed E-state index contributed by atoms with van der Waals surface area (Å²) in [5.74, 6) is 0.651. The Kier molecular flexibility index (Phi) is 11.4. The zero-order chi connectivity index (χ0) is 31.8. The summed E-state index contributed by atoms with van der Waals surface area (Å²) in [6.45, 7) is 5.19. The van der Waals surface area contributed by atoms with Crippen LogP contribution >= 0.6 is 35.6 Å². The van der Waals surface area contributed by atoms with Gasteiger partial charge in [-0.25, -0.2) is 4.79 Å². The molecule has 2 heterocycles. The van der Waals surface area contributed by atoms with Crippen molar-refractivity contribution >= 4 is 57.9 Å². The maximum atomic E-state index is 13.4. The molecule has 5 rings (SSSR count). The number of thiocarbonyl (C=S) groups is 1. The van der Waals surface area contributed by atoms with Crippen molar-refractivity contribution in [3.63, 3.8) is 0 Å². The van der Waals surface area contributed by atoms with E-state index in [-0.39, 0.29) is 11.5 Å². The van der Waals surface area contributed by atoms with Crippen molar-refractivity contribution in [1.29, 1.82) is 0 Å². The van der Waals surface area contributed by atoms with E-state index in [1.165, 1.54) is 23.9 Å². The Hall–Kier alpha value is -3.61. The maximum Gasteiger partial charge on any atom is 0.335 e. The maximum absolute atomic E-state index is 13.4. The number of rotatable bonds is 13. The number of carbonyl (C=O) groups excluding carboxylic acids is 1. The van der Waals surface area contributed by atoms with E-state index in [9.17, 15) is 9.59 Å². The van der Waals surface area contributed by atoms with E-state index in [0.717, 1.165) is 49.5 Å². The third kappa shape index (κ3) is 8.56. The minimum absolute atomic E-state index is 0.173. The smallest absolute Gasteiger partial charge is 0.335 e. The number of carboxylic acids is 1. The zero-order valence-corrected chi connectivity index (χ0v) is 27.1. The first-order valence-electron chi connectivity index (χ1n) is 14.4. The number of carboxylic acid groups (broad SMARTS) is 1. The first-order chi connectivity index (χ1) is 21.8. The highest BCUT2D eigenvalue weighted by molar-refractivity contribution is 8.26. The number of carbonyl (C=O) groups is 2. The van der Waals surface area contributed by atoms with E-state index in [2.05, 4.69) is 4.90 Å². The number of aromatic carboxylic acids is 1. The number of amides is 1. The number of hydrogen-bond donors (Lipinski definition) is 1. The van der Waals surface area contributed by atoms with E-state index in [0.29, 0.717) is 57.7 Å². The predicted molar refractivity (Wildman–Crippen MR) is 180 cm³/mol.